The average molecular weight is 326 g/mol. The second-order valence-electron chi connectivity index (χ2n) is 5.19. The number of benzene rings is 2. The van der Waals surface area contributed by atoms with Crippen LogP contribution in [-0.2, 0) is 9.53 Å². The van der Waals surface area contributed by atoms with Crippen molar-refractivity contribution < 1.29 is 14.3 Å². The lowest BCUT2D eigenvalue weighted by molar-refractivity contribution is -0.118. The maximum absolute atomic E-state index is 12.4. The first-order chi connectivity index (χ1) is 11.7. The molecule has 2 aromatic rings. The Morgan fingerprint density at radius 3 is 2.38 bits per heavy atom. The van der Waals surface area contributed by atoms with Gasteiger partial charge in [0.25, 0.3) is 0 Å². The predicted molar refractivity (Wildman–Crippen MR) is 95.4 cm³/mol. The van der Waals surface area contributed by atoms with E-state index < -0.39 is 5.97 Å². The lowest BCUT2D eigenvalue weighted by atomic mass is 10.1. The molecular formula is C19H22N2O3. The van der Waals surface area contributed by atoms with Gasteiger partial charge < -0.3 is 15.0 Å². The highest BCUT2D eigenvalue weighted by Gasteiger charge is 2.14. The third kappa shape index (κ3) is 4.35. The SMILES string of the molecule is CCN(C(=O)CCNc1ccccc1C(=O)OC)c1ccccc1. The fraction of sp³-hybridized carbons (Fsp3) is 0.263. The highest BCUT2D eigenvalue weighted by Crippen LogP contribution is 2.17. The van der Waals surface area contributed by atoms with Gasteiger partial charge in [-0.2, -0.15) is 0 Å². The zero-order valence-corrected chi connectivity index (χ0v) is 14.0. The Hall–Kier alpha value is -2.82. The van der Waals surface area contributed by atoms with Gasteiger partial charge in [-0.1, -0.05) is 30.3 Å². The lowest BCUT2D eigenvalue weighted by Crippen LogP contribution is -2.31. The summed E-state index contributed by atoms with van der Waals surface area (Å²) in [6, 6.07) is 16.7. The van der Waals surface area contributed by atoms with Crippen LogP contribution in [0.25, 0.3) is 0 Å². The number of rotatable bonds is 7. The van der Waals surface area contributed by atoms with E-state index in [-0.39, 0.29) is 5.91 Å². The molecule has 0 spiro atoms. The standard InChI is InChI=1S/C19H22N2O3/c1-3-21(15-9-5-4-6-10-15)18(22)13-14-20-17-12-8-7-11-16(17)19(23)24-2/h4-12,20H,3,13-14H2,1-2H3. The Labute approximate surface area is 142 Å². The van der Waals surface area contributed by atoms with E-state index in [2.05, 4.69) is 5.32 Å². The zero-order valence-electron chi connectivity index (χ0n) is 14.0. The number of methoxy groups -OCH3 is 1. The van der Waals surface area contributed by atoms with Gasteiger partial charge in [0.2, 0.25) is 5.91 Å². The van der Waals surface area contributed by atoms with Crippen LogP contribution < -0.4 is 10.2 Å². The highest BCUT2D eigenvalue weighted by atomic mass is 16.5. The zero-order chi connectivity index (χ0) is 17.4. The molecule has 0 unspecified atom stereocenters. The van der Waals surface area contributed by atoms with Crippen LogP contribution in [0.3, 0.4) is 0 Å². The first-order valence-electron chi connectivity index (χ1n) is 7.94. The van der Waals surface area contributed by atoms with Crippen LogP contribution in [0.2, 0.25) is 0 Å². The number of hydrogen-bond acceptors (Lipinski definition) is 4. The molecule has 0 saturated carbocycles. The van der Waals surface area contributed by atoms with Crippen molar-refractivity contribution in [1.29, 1.82) is 0 Å². The normalized spacial score (nSPS) is 10.1. The van der Waals surface area contributed by atoms with Crippen LogP contribution in [0.5, 0.6) is 0 Å². The van der Waals surface area contributed by atoms with E-state index in [0.717, 1.165) is 5.69 Å². The number of esters is 1. The maximum atomic E-state index is 12.4. The quantitative estimate of drug-likeness (QED) is 0.793. The summed E-state index contributed by atoms with van der Waals surface area (Å²) in [6.45, 7) is 3.00. The van der Waals surface area contributed by atoms with E-state index in [0.29, 0.717) is 30.8 Å². The lowest BCUT2D eigenvalue weighted by Gasteiger charge is -2.21. The molecule has 0 radical (unpaired) electrons. The molecule has 0 bridgehead atoms. The molecule has 0 aliphatic carbocycles. The molecule has 0 atom stereocenters. The molecule has 2 aromatic carbocycles. The second-order valence-corrected chi connectivity index (χ2v) is 5.19. The molecule has 0 aliphatic rings. The number of anilines is 2. The minimum Gasteiger partial charge on any atom is -0.465 e. The summed E-state index contributed by atoms with van der Waals surface area (Å²) in [5.74, 6) is -0.365. The van der Waals surface area contributed by atoms with Crippen molar-refractivity contribution in [2.24, 2.45) is 0 Å². The summed E-state index contributed by atoms with van der Waals surface area (Å²) < 4.78 is 4.76. The van der Waals surface area contributed by atoms with Crippen LogP contribution in [0.4, 0.5) is 11.4 Å². The number of carbonyl (C=O) groups is 2. The minimum atomic E-state index is -0.399. The number of amides is 1. The summed E-state index contributed by atoms with van der Waals surface area (Å²) in [6.07, 6.45) is 0.332. The predicted octanol–water partition coefficient (Wildman–Crippen LogP) is 3.33. The Morgan fingerprint density at radius 1 is 1.04 bits per heavy atom. The summed E-state index contributed by atoms with van der Waals surface area (Å²) in [5, 5.41) is 3.14. The highest BCUT2D eigenvalue weighted by molar-refractivity contribution is 5.96. The molecule has 0 heterocycles. The molecule has 2 rings (SSSR count). The fourth-order valence-corrected chi connectivity index (χ4v) is 2.48. The number of ether oxygens (including phenoxy) is 1. The second kappa shape index (κ2) is 8.72. The fourth-order valence-electron chi connectivity index (χ4n) is 2.48. The molecule has 5 heteroatoms. The van der Waals surface area contributed by atoms with Crippen molar-refractivity contribution in [3.63, 3.8) is 0 Å². The molecule has 0 fully saturated rings. The van der Waals surface area contributed by atoms with Crippen molar-refractivity contribution in [3.05, 3.63) is 60.2 Å². The van der Waals surface area contributed by atoms with Crippen molar-refractivity contribution in [2.75, 3.05) is 30.4 Å². The summed E-state index contributed by atoms with van der Waals surface area (Å²) in [5.41, 5.74) is 2.02. The van der Waals surface area contributed by atoms with Gasteiger partial charge in [0.15, 0.2) is 0 Å². The van der Waals surface area contributed by atoms with Crippen LogP contribution in [0, 0.1) is 0 Å². The van der Waals surface area contributed by atoms with E-state index in [4.69, 9.17) is 4.74 Å². The molecule has 24 heavy (non-hydrogen) atoms. The van der Waals surface area contributed by atoms with Gasteiger partial charge >= 0.3 is 5.97 Å². The molecule has 1 N–H and O–H groups in total. The van der Waals surface area contributed by atoms with Crippen molar-refractivity contribution in [2.45, 2.75) is 13.3 Å². The largest absolute Gasteiger partial charge is 0.465 e. The van der Waals surface area contributed by atoms with Gasteiger partial charge in [-0.05, 0) is 31.2 Å². The number of nitrogens with one attached hydrogen (secondary N) is 1. The Morgan fingerprint density at radius 2 is 1.71 bits per heavy atom. The van der Waals surface area contributed by atoms with Gasteiger partial charge in [0, 0.05) is 30.9 Å². The monoisotopic (exact) mass is 326 g/mol. The maximum Gasteiger partial charge on any atom is 0.339 e. The third-order valence-corrected chi connectivity index (χ3v) is 3.67. The van der Waals surface area contributed by atoms with Gasteiger partial charge in [-0.15, -0.1) is 0 Å². The topological polar surface area (TPSA) is 58.6 Å². The van der Waals surface area contributed by atoms with Crippen molar-refractivity contribution in [3.8, 4) is 0 Å². The van der Waals surface area contributed by atoms with Crippen LogP contribution in [0.15, 0.2) is 54.6 Å². The van der Waals surface area contributed by atoms with Crippen LogP contribution in [-0.4, -0.2) is 32.1 Å². The van der Waals surface area contributed by atoms with E-state index >= 15 is 0 Å². The van der Waals surface area contributed by atoms with Crippen molar-refractivity contribution in [1.82, 2.24) is 0 Å². The van der Waals surface area contributed by atoms with Crippen LogP contribution in [0.1, 0.15) is 23.7 Å². The first-order valence-corrected chi connectivity index (χ1v) is 7.94. The molecule has 126 valence electrons. The summed E-state index contributed by atoms with van der Waals surface area (Å²) in [7, 11) is 1.35. The van der Waals surface area contributed by atoms with Crippen LogP contribution >= 0.6 is 0 Å². The first kappa shape index (κ1) is 17.5. The number of hydrogen-bond donors (Lipinski definition) is 1. The average Bonchev–Trinajstić information content (AvgIpc) is 2.63. The number of nitrogens with zero attached hydrogens (tertiary/aromatic N) is 1. The van der Waals surface area contributed by atoms with Crippen molar-refractivity contribution >= 4 is 23.3 Å². The summed E-state index contributed by atoms with van der Waals surface area (Å²) in [4.78, 5) is 25.9. The molecule has 5 nitrogen and oxygen atoms in total. The Balaban J connectivity index is 1.97. The van der Waals surface area contributed by atoms with E-state index in [1.54, 1.807) is 23.1 Å². The minimum absolute atomic E-state index is 0.0340. The smallest absolute Gasteiger partial charge is 0.339 e. The molecule has 0 aliphatic heterocycles. The van der Waals surface area contributed by atoms with Gasteiger partial charge in [0.05, 0.1) is 12.7 Å². The van der Waals surface area contributed by atoms with Gasteiger partial charge in [0.1, 0.15) is 0 Å². The van der Waals surface area contributed by atoms with Gasteiger partial charge in [-0.25, -0.2) is 4.79 Å². The molecule has 1 amide bonds. The number of carbonyl (C=O) groups excluding carboxylic acids is 2. The van der Waals surface area contributed by atoms with E-state index in [1.807, 2.05) is 43.3 Å². The van der Waals surface area contributed by atoms with E-state index in [1.165, 1.54) is 7.11 Å². The molecule has 0 aromatic heterocycles. The Bertz CT molecular complexity index is 686. The summed E-state index contributed by atoms with van der Waals surface area (Å²) >= 11 is 0. The van der Waals surface area contributed by atoms with Gasteiger partial charge in [-0.3, -0.25) is 4.79 Å². The number of para-hydroxylation sites is 2. The van der Waals surface area contributed by atoms with E-state index in [9.17, 15) is 9.59 Å². The molecule has 0 saturated heterocycles. The Kier molecular flexibility index (Phi) is 6.37. The third-order valence-electron chi connectivity index (χ3n) is 3.67. The molecular weight excluding hydrogens is 304 g/mol.